The SMILES string of the molecule is CC(C)CC(C(=O)O)c1cc2ccccc2[nH]1. The highest BCUT2D eigenvalue weighted by atomic mass is 16.4. The third-order valence-corrected chi connectivity index (χ3v) is 2.93. The number of carboxylic acid groups (broad SMARTS) is 1. The molecule has 1 aromatic carbocycles. The Bertz CT molecular complexity index is 495. The molecule has 2 aromatic rings. The maximum absolute atomic E-state index is 11.3. The minimum absolute atomic E-state index is 0.363. The van der Waals surface area contributed by atoms with Crippen molar-refractivity contribution in [3.05, 3.63) is 36.0 Å². The average Bonchev–Trinajstić information content (AvgIpc) is 2.68. The average molecular weight is 231 g/mol. The summed E-state index contributed by atoms with van der Waals surface area (Å²) in [4.78, 5) is 14.5. The number of fused-ring (bicyclic) bond motifs is 1. The molecule has 0 spiro atoms. The largest absolute Gasteiger partial charge is 0.481 e. The fourth-order valence-electron chi connectivity index (χ4n) is 2.12. The maximum Gasteiger partial charge on any atom is 0.312 e. The number of aliphatic carboxylic acids is 1. The van der Waals surface area contributed by atoms with Crippen LogP contribution in [-0.4, -0.2) is 16.1 Å². The Kier molecular flexibility index (Phi) is 3.18. The summed E-state index contributed by atoms with van der Waals surface area (Å²) in [5, 5.41) is 10.3. The van der Waals surface area contributed by atoms with Crippen molar-refractivity contribution in [3.8, 4) is 0 Å². The number of para-hydroxylation sites is 1. The van der Waals surface area contributed by atoms with Crippen molar-refractivity contribution >= 4 is 16.9 Å². The number of hydrogen-bond acceptors (Lipinski definition) is 1. The molecule has 90 valence electrons. The summed E-state index contributed by atoms with van der Waals surface area (Å²) in [5.74, 6) is -0.838. The van der Waals surface area contributed by atoms with Gasteiger partial charge in [-0.3, -0.25) is 4.79 Å². The van der Waals surface area contributed by atoms with Gasteiger partial charge in [-0.25, -0.2) is 0 Å². The number of carbonyl (C=O) groups is 1. The van der Waals surface area contributed by atoms with Crippen molar-refractivity contribution in [1.29, 1.82) is 0 Å². The Morgan fingerprint density at radius 2 is 2.06 bits per heavy atom. The summed E-state index contributed by atoms with van der Waals surface area (Å²) in [6.45, 7) is 4.08. The van der Waals surface area contributed by atoms with Gasteiger partial charge in [0, 0.05) is 11.2 Å². The summed E-state index contributed by atoms with van der Waals surface area (Å²) in [6, 6.07) is 9.80. The van der Waals surface area contributed by atoms with E-state index in [0.29, 0.717) is 12.3 Å². The molecular formula is C14H17NO2. The Labute approximate surface area is 100 Å². The molecule has 0 saturated carbocycles. The van der Waals surface area contributed by atoms with E-state index < -0.39 is 11.9 Å². The van der Waals surface area contributed by atoms with Crippen LogP contribution >= 0.6 is 0 Å². The molecule has 0 radical (unpaired) electrons. The molecule has 1 atom stereocenters. The van der Waals surface area contributed by atoms with Gasteiger partial charge in [0.2, 0.25) is 0 Å². The second kappa shape index (κ2) is 4.62. The van der Waals surface area contributed by atoms with E-state index in [1.54, 1.807) is 0 Å². The minimum Gasteiger partial charge on any atom is -0.481 e. The second-order valence-electron chi connectivity index (χ2n) is 4.83. The zero-order valence-electron chi connectivity index (χ0n) is 10.1. The molecule has 0 saturated heterocycles. The Morgan fingerprint density at radius 3 is 2.65 bits per heavy atom. The zero-order valence-corrected chi connectivity index (χ0v) is 10.1. The standard InChI is InChI=1S/C14H17NO2/c1-9(2)7-11(14(16)17)13-8-10-5-3-4-6-12(10)15-13/h3-6,8-9,11,15H,7H2,1-2H3,(H,16,17). The van der Waals surface area contributed by atoms with Gasteiger partial charge in [-0.05, 0) is 29.9 Å². The number of benzene rings is 1. The molecular weight excluding hydrogens is 214 g/mol. The maximum atomic E-state index is 11.3. The summed E-state index contributed by atoms with van der Waals surface area (Å²) in [6.07, 6.45) is 0.655. The quantitative estimate of drug-likeness (QED) is 0.847. The molecule has 1 aromatic heterocycles. The van der Waals surface area contributed by atoms with E-state index in [2.05, 4.69) is 4.98 Å². The van der Waals surface area contributed by atoms with Crippen LogP contribution in [0.25, 0.3) is 10.9 Å². The van der Waals surface area contributed by atoms with E-state index >= 15 is 0 Å². The first-order valence-corrected chi connectivity index (χ1v) is 5.88. The lowest BCUT2D eigenvalue weighted by atomic mass is 9.94. The van der Waals surface area contributed by atoms with Crippen LogP contribution in [0.5, 0.6) is 0 Å². The number of H-pyrrole nitrogens is 1. The van der Waals surface area contributed by atoms with E-state index in [-0.39, 0.29) is 0 Å². The lowest BCUT2D eigenvalue weighted by molar-refractivity contribution is -0.139. The zero-order chi connectivity index (χ0) is 12.4. The van der Waals surface area contributed by atoms with Gasteiger partial charge in [0.1, 0.15) is 0 Å². The van der Waals surface area contributed by atoms with E-state index in [1.807, 2.05) is 44.2 Å². The first-order valence-electron chi connectivity index (χ1n) is 5.88. The molecule has 0 aliphatic carbocycles. The lowest BCUT2D eigenvalue weighted by Gasteiger charge is -2.12. The van der Waals surface area contributed by atoms with Gasteiger partial charge in [0.25, 0.3) is 0 Å². The predicted octanol–water partition coefficient (Wildman–Crippen LogP) is 3.38. The third-order valence-electron chi connectivity index (χ3n) is 2.93. The molecule has 2 N–H and O–H groups in total. The van der Waals surface area contributed by atoms with Crippen molar-refractivity contribution < 1.29 is 9.90 Å². The van der Waals surface area contributed by atoms with Crippen molar-refractivity contribution in [3.63, 3.8) is 0 Å². The first kappa shape index (κ1) is 11.7. The summed E-state index contributed by atoms with van der Waals surface area (Å²) >= 11 is 0. The van der Waals surface area contributed by atoms with Crippen LogP contribution in [0, 0.1) is 5.92 Å². The van der Waals surface area contributed by atoms with Crippen LogP contribution in [-0.2, 0) is 4.79 Å². The summed E-state index contributed by atoms with van der Waals surface area (Å²) in [5.41, 5.74) is 1.80. The highest BCUT2D eigenvalue weighted by Gasteiger charge is 2.22. The molecule has 1 heterocycles. The molecule has 0 bridgehead atoms. The molecule has 0 aliphatic heterocycles. The highest BCUT2D eigenvalue weighted by molar-refractivity contribution is 5.83. The first-order chi connectivity index (χ1) is 8.08. The van der Waals surface area contributed by atoms with Gasteiger partial charge >= 0.3 is 5.97 Å². The fraction of sp³-hybridized carbons (Fsp3) is 0.357. The molecule has 3 heteroatoms. The van der Waals surface area contributed by atoms with Crippen LogP contribution in [0.3, 0.4) is 0 Å². The van der Waals surface area contributed by atoms with E-state index in [0.717, 1.165) is 16.6 Å². The van der Waals surface area contributed by atoms with E-state index in [4.69, 9.17) is 0 Å². The summed E-state index contributed by atoms with van der Waals surface area (Å²) in [7, 11) is 0. The van der Waals surface area contributed by atoms with Gasteiger partial charge < -0.3 is 10.1 Å². The van der Waals surface area contributed by atoms with Crippen molar-refractivity contribution in [1.82, 2.24) is 4.98 Å². The van der Waals surface area contributed by atoms with Gasteiger partial charge in [-0.2, -0.15) is 0 Å². The predicted molar refractivity (Wildman–Crippen MR) is 68.1 cm³/mol. The van der Waals surface area contributed by atoms with E-state index in [1.165, 1.54) is 0 Å². The van der Waals surface area contributed by atoms with Gasteiger partial charge in [0.05, 0.1) is 5.92 Å². The minimum atomic E-state index is -0.759. The molecule has 0 aliphatic rings. The molecule has 2 rings (SSSR count). The van der Waals surface area contributed by atoms with Gasteiger partial charge in [-0.1, -0.05) is 32.0 Å². The van der Waals surface area contributed by atoms with Gasteiger partial charge in [0.15, 0.2) is 0 Å². The molecule has 0 amide bonds. The number of aromatic nitrogens is 1. The lowest BCUT2D eigenvalue weighted by Crippen LogP contribution is -2.14. The molecule has 3 nitrogen and oxygen atoms in total. The van der Waals surface area contributed by atoms with Crippen LogP contribution in [0.4, 0.5) is 0 Å². The van der Waals surface area contributed by atoms with Crippen molar-refractivity contribution in [2.45, 2.75) is 26.2 Å². The number of rotatable bonds is 4. The monoisotopic (exact) mass is 231 g/mol. The normalized spacial score (nSPS) is 13.1. The third kappa shape index (κ3) is 2.49. The Morgan fingerprint density at radius 1 is 1.35 bits per heavy atom. The smallest absolute Gasteiger partial charge is 0.312 e. The number of nitrogens with one attached hydrogen (secondary N) is 1. The van der Waals surface area contributed by atoms with Gasteiger partial charge in [-0.15, -0.1) is 0 Å². The van der Waals surface area contributed by atoms with E-state index in [9.17, 15) is 9.90 Å². The van der Waals surface area contributed by atoms with Crippen LogP contribution in [0.2, 0.25) is 0 Å². The van der Waals surface area contributed by atoms with Crippen LogP contribution < -0.4 is 0 Å². The molecule has 17 heavy (non-hydrogen) atoms. The highest BCUT2D eigenvalue weighted by Crippen LogP contribution is 2.26. The van der Waals surface area contributed by atoms with Crippen LogP contribution in [0.1, 0.15) is 31.9 Å². The number of aromatic amines is 1. The fourth-order valence-corrected chi connectivity index (χ4v) is 2.12. The number of hydrogen-bond donors (Lipinski definition) is 2. The Hall–Kier alpha value is -1.77. The Balaban J connectivity index is 2.38. The molecule has 1 unspecified atom stereocenters. The van der Waals surface area contributed by atoms with Crippen LogP contribution in [0.15, 0.2) is 30.3 Å². The second-order valence-corrected chi connectivity index (χ2v) is 4.83. The number of carboxylic acids is 1. The molecule has 0 fully saturated rings. The topological polar surface area (TPSA) is 53.1 Å². The van der Waals surface area contributed by atoms with Crippen molar-refractivity contribution in [2.24, 2.45) is 5.92 Å². The van der Waals surface area contributed by atoms with Crippen molar-refractivity contribution in [2.75, 3.05) is 0 Å². The summed E-state index contributed by atoms with van der Waals surface area (Å²) < 4.78 is 0.